The Hall–Kier alpha value is 0.270. The molecular weight excluding hydrogens is 204 g/mol. The monoisotopic (exact) mass is 230 g/mol. The van der Waals surface area contributed by atoms with Crippen LogP contribution < -0.4 is 5.32 Å². The van der Waals surface area contributed by atoms with Gasteiger partial charge >= 0.3 is 0 Å². The lowest BCUT2D eigenvalue weighted by Gasteiger charge is -2.25. The maximum atomic E-state index is 3.56. The minimum absolute atomic E-state index is 0.623. The molecule has 15 heavy (non-hydrogen) atoms. The van der Waals surface area contributed by atoms with Crippen molar-refractivity contribution in [1.29, 1.82) is 0 Å². The van der Waals surface area contributed by atoms with Crippen molar-refractivity contribution in [2.24, 2.45) is 0 Å². The number of thioether (sulfide) groups is 1. The van der Waals surface area contributed by atoms with Crippen LogP contribution in [0.15, 0.2) is 0 Å². The van der Waals surface area contributed by atoms with Crippen LogP contribution in [0.3, 0.4) is 0 Å². The summed E-state index contributed by atoms with van der Waals surface area (Å²) >= 11 is 2.06. The lowest BCUT2D eigenvalue weighted by molar-refractivity contribution is 0.258. The molecule has 1 N–H and O–H groups in total. The first-order valence-electron chi connectivity index (χ1n) is 6.29. The first-order chi connectivity index (χ1) is 7.24. The fourth-order valence-corrected chi connectivity index (χ4v) is 2.77. The van der Waals surface area contributed by atoms with Crippen molar-refractivity contribution < 1.29 is 0 Å². The van der Waals surface area contributed by atoms with Gasteiger partial charge in [0.05, 0.1) is 0 Å². The Balaban J connectivity index is 2.17. The van der Waals surface area contributed by atoms with E-state index in [0.29, 0.717) is 6.04 Å². The molecule has 1 unspecified atom stereocenters. The summed E-state index contributed by atoms with van der Waals surface area (Å²) < 4.78 is 0. The normalized spacial score (nSPS) is 22.8. The first kappa shape index (κ1) is 13.3. The van der Waals surface area contributed by atoms with Crippen LogP contribution in [0, 0.1) is 0 Å². The van der Waals surface area contributed by atoms with E-state index in [-0.39, 0.29) is 0 Å². The van der Waals surface area contributed by atoms with Gasteiger partial charge in [-0.15, -0.1) is 0 Å². The highest BCUT2D eigenvalue weighted by atomic mass is 32.2. The Bertz CT molecular complexity index is 162. The summed E-state index contributed by atoms with van der Waals surface area (Å²) in [6.07, 6.45) is 2.78. The van der Waals surface area contributed by atoms with Gasteiger partial charge in [-0.2, -0.15) is 11.8 Å². The molecule has 0 aromatic rings. The predicted molar refractivity (Wildman–Crippen MR) is 70.7 cm³/mol. The first-order valence-corrected chi connectivity index (χ1v) is 7.44. The zero-order valence-electron chi connectivity index (χ0n) is 10.5. The van der Waals surface area contributed by atoms with Crippen LogP contribution >= 0.6 is 11.8 Å². The summed E-state index contributed by atoms with van der Waals surface area (Å²) in [6.45, 7) is 10.5. The van der Waals surface area contributed by atoms with E-state index in [9.17, 15) is 0 Å². The average Bonchev–Trinajstić information content (AvgIpc) is 2.63. The highest BCUT2D eigenvalue weighted by Gasteiger charge is 2.23. The standard InChI is InChI=1S/C12H26N2S/c1-4-15-9-8-14-7-5-6-12(14)10-13-11(2)3/h11-13H,4-10H2,1-3H3. The van der Waals surface area contributed by atoms with Crippen molar-refractivity contribution in [1.82, 2.24) is 10.2 Å². The van der Waals surface area contributed by atoms with Crippen LogP contribution in [0.2, 0.25) is 0 Å². The largest absolute Gasteiger partial charge is 0.313 e. The molecule has 1 heterocycles. The van der Waals surface area contributed by atoms with Crippen molar-refractivity contribution in [2.75, 3.05) is 31.1 Å². The Kier molecular flexibility index (Phi) is 6.69. The topological polar surface area (TPSA) is 15.3 Å². The second-order valence-electron chi connectivity index (χ2n) is 4.59. The molecule has 90 valence electrons. The smallest absolute Gasteiger partial charge is 0.0221 e. The van der Waals surface area contributed by atoms with Crippen LogP contribution in [0.1, 0.15) is 33.6 Å². The highest BCUT2D eigenvalue weighted by molar-refractivity contribution is 7.99. The molecule has 1 rings (SSSR count). The Morgan fingerprint density at radius 1 is 1.47 bits per heavy atom. The third kappa shape index (κ3) is 5.23. The third-order valence-corrected chi connectivity index (χ3v) is 3.87. The summed E-state index contributed by atoms with van der Waals surface area (Å²) in [6, 6.07) is 1.42. The Labute approximate surface area is 99.2 Å². The van der Waals surface area contributed by atoms with Gasteiger partial charge < -0.3 is 5.32 Å². The van der Waals surface area contributed by atoms with Gasteiger partial charge in [-0.3, -0.25) is 4.90 Å². The summed E-state index contributed by atoms with van der Waals surface area (Å²) in [4.78, 5) is 2.66. The fourth-order valence-electron chi connectivity index (χ4n) is 2.12. The van der Waals surface area contributed by atoms with Crippen LogP contribution in [0.25, 0.3) is 0 Å². The second-order valence-corrected chi connectivity index (χ2v) is 5.99. The van der Waals surface area contributed by atoms with E-state index >= 15 is 0 Å². The Morgan fingerprint density at radius 2 is 2.27 bits per heavy atom. The molecule has 3 heteroatoms. The van der Waals surface area contributed by atoms with Crippen molar-refractivity contribution >= 4 is 11.8 Å². The van der Waals surface area contributed by atoms with Gasteiger partial charge in [-0.05, 0) is 25.1 Å². The number of nitrogens with one attached hydrogen (secondary N) is 1. The summed E-state index contributed by atoms with van der Waals surface area (Å²) in [5, 5.41) is 3.56. The van der Waals surface area contributed by atoms with E-state index in [0.717, 1.165) is 6.04 Å². The van der Waals surface area contributed by atoms with E-state index in [2.05, 4.69) is 42.7 Å². The zero-order valence-corrected chi connectivity index (χ0v) is 11.3. The SMILES string of the molecule is CCSCCN1CCCC1CNC(C)C. The number of hydrogen-bond acceptors (Lipinski definition) is 3. The molecule has 1 aliphatic heterocycles. The van der Waals surface area contributed by atoms with Gasteiger partial charge in [0.15, 0.2) is 0 Å². The molecule has 0 aromatic carbocycles. The van der Waals surface area contributed by atoms with Gasteiger partial charge in [0, 0.05) is 30.9 Å². The zero-order chi connectivity index (χ0) is 11.1. The van der Waals surface area contributed by atoms with Crippen LogP contribution in [-0.4, -0.2) is 48.1 Å². The van der Waals surface area contributed by atoms with Gasteiger partial charge in [-0.25, -0.2) is 0 Å². The fraction of sp³-hybridized carbons (Fsp3) is 1.00. The van der Waals surface area contributed by atoms with Crippen molar-refractivity contribution in [3.63, 3.8) is 0 Å². The maximum Gasteiger partial charge on any atom is 0.0221 e. The second kappa shape index (κ2) is 7.53. The number of rotatable bonds is 7. The molecule has 1 fully saturated rings. The van der Waals surface area contributed by atoms with E-state index in [4.69, 9.17) is 0 Å². The molecule has 0 amide bonds. The third-order valence-electron chi connectivity index (χ3n) is 2.99. The molecule has 0 spiro atoms. The maximum absolute atomic E-state index is 3.56. The van der Waals surface area contributed by atoms with Crippen LogP contribution in [-0.2, 0) is 0 Å². The van der Waals surface area contributed by atoms with Gasteiger partial charge in [-0.1, -0.05) is 20.8 Å². The van der Waals surface area contributed by atoms with Gasteiger partial charge in [0.2, 0.25) is 0 Å². The van der Waals surface area contributed by atoms with E-state index in [1.54, 1.807) is 0 Å². The minimum Gasteiger partial charge on any atom is -0.313 e. The van der Waals surface area contributed by atoms with Crippen molar-refractivity contribution in [3.05, 3.63) is 0 Å². The van der Waals surface area contributed by atoms with Gasteiger partial charge in [0.1, 0.15) is 0 Å². The molecule has 0 radical (unpaired) electrons. The molecule has 0 aliphatic carbocycles. The summed E-state index contributed by atoms with van der Waals surface area (Å²) in [7, 11) is 0. The number of hydrogen-bond donors (Lipinski definition) is 1. The lowest BCUT2D eigenvalue weighted by Crippen LogP contribution is -2.41. The molecule has 2 nitrogen and oxygen atoms in total. The quantitative estimate of drug-likeness (QED) is 0.675. The van der Waals surface area contributed by atoms with Crippen LogP contribution in [0.5, 0.6) is 0 Å². The molecule has 0 bridgehead atoms. The molecular formula is C12H26N2S. The van der Waals surface area contributed by atoms with Crippen molar-refractivity contribution in [2.45, 2.75) is 45.7 Å². The highest BCUT2D eigenvalue weighted by Crippen LogP contribution is 2.17. The van der Waals surface area contributed by atoms with E-state index in [1.165, 1.54) is 44.0 Å². The Morgan fingerprint density at radius 3 is 2.93 bits per heavy atom. The number of likely N-dealkylation sites (tertiary alicyclic amines) is 1. The molecule has 1 aliphatic rings. The average molecular weight is 230 g/mol. The molecule has 0 saturated carbocycles. The summed E-state index contributed by atoms with van der Waals surface area (Å²) in [5.41, 5.74) is 0. The minimum atomic E-state index is 0.623. The van der Waals surface area contributed by atoms with Crippen LogP contribution in [0.4, 0.5) is 0 Å². The van der Waals surface area contributed by atoms with E-state index in [1.807, 2.05) is 0 Å². The lowest BCUT2D eigenvalue weighted by atomic mass is 10.2. The summed E-state index contributed by atoms with van der Waals surface area (Å²) in [5.74, 6) is 2.55. The number of nitrogens with zero attached hydrogens (tertiary/aromatic N) is 1. The molecule has 1 saturated heterocycles. The molecule has 1 atom stereocenters. The van der Waals surface area contributed by atoms with Crippen molar-refractivity contribution in [3.8, 4) is 0 Å². The van der Waals surface area contributed by atoms with E-state index < -0.39 is 0 Å². The predicted octanol–water partition coefficient (Wildman–Crippen LogP) is 2.20. The van der Waals surface area contributed by atoms with Gasteiger partial charge in [0.25, 0.3) is 0 Å². The molecule has 0 aromatic heterocycles.